The van der Waals surface area contributed by atoms with E-state index < -0.39 is 13.3 Å². The Morgan fingerprint density at radius 2 is 1.34 bits per heavy atom. The zero-order chi connectivity index (χ0) is 40.7. The quantitative estimate of drug-likeness (QED) is 0.118. The minimum absolute atomic E-state index is 0. The zero-order valence-corrected chi connectivity index (χ0v) is 39.9. The molecule has 0 atom stereocenters. The van der Waals surface area contributed by atoms with Crippen LogP contribution in [0.1, 0.15) is 61.8 Å². The van der Waals surface area contributed by atoms with Gasteiger partial charge >= 0.3 is 148 Å². The van der Waals surface area contributed by atoms with Crippen molar-refractivity contribution in [3.63, 3.8) is 0 Å². The van der Waals surface area contributed by atoms with E-state index >= 15 is 0 Å². The zero-order valence-electron chi connectivity index (χ0n) is 35.4. The van der Waals surface area contributed by atoms with Crippen LogP contribution in [0.3, 0.4) is 0 Å². The number of aromatic nitrogens is 3. The second kappa shape index (κ2) is 17.3. The minimum atomic E-state index is -2.04. The Morgan fingerprint density at radius 3 is 2.02 bits per heavy atom. The van der Waals surface area contributed by atoms with Crippen LogP contribution in [0.5, 0.6) is 0 Å². The van der Waals surface area contributed by atoms with E-state index in [1.165, 1.54) is 43.5 Å². The van der Waals surface area contributed by atoms with Crippen LogP contribution in [-0.4, -0.2) is 27.8 Å². The molecule has 59 heavy (non-hydrogen) atoms. The number of rotatable bonds is 7. The van der Waals surface area contributed by atoms with Crippen LogP contribution in [0.25, 0.3) is 72.4 Å². The van der Waals surface area contributed by atoms with Crippen LogP contribution >= 0.6 is 0 Å². The molecule has 0 aliphatic carbocycles. The Morgan fingerprint density at radius 1 is 0.678 bits per heavy atom. The van der Waals surface area contributed by atoms with E-state index in [9.17, 15) is 0 Å². The molecule has 0 saturated carbocycles. The summed E-state index contributed by atoms with van der Waals surface area (Å²) in [5.74, 6) is 8.90. The van der Waals surface area contributed by atoms with Gasteiger partial charge in [-0.1, -0.05) is 87.2 Å². The van der Waals surface area contributed by atoms with Gasteiger partial charge in [-0.3, -0.25) is 4.98 Å². The minimum Gasteiger partial charge on any atom is 0 e. The van der Waals surface area contributed by atoms with E-state index in [1.807, 2.05) is 42.5 Å². The molecule has 1 radical (unpaired) electrons. The Balaban J connectivity index is 0.000000187. The third-order valence-corrected chi connectivity index (χ3v) is 15.4. The molecule has 9 rings (SSSR count). The monoisotopic (exact) mass is 1010 g/mol. The number of imidazole rings is 1. The van der Waals surface area contributed by atoms with Crippen LogP contribution in [0, 0.1) is 26.0 Å². The van der Waals surface area contributed by atoms with Crippen molar-refractivity contribution in [2.45, 2.75) is 70.6 Å². The van der Waals surface area contributed by atoms with E-state index in [2.05, 4.69) is 167 Å². The summed E-state index contributed by atoms with van der Waals surface area (Å²) < 4.78 is 10.2. The van der Waals surface area contributed by atoms with Gasteiger partial charge in [0, 0.05) is 31.2 Å². The van der Waals surface area contributed by atoms with Gasteiger partial charge in [-0.05, 0) is 41.2 Å². The van der Waals surface area contributed by atoms with Crippen LogP contribution < -0.4 is 4.40 Å². The van der Waals surface area contributed by atoms with E-state index in [0.29, 0.717) is 11.8 Å². The second-order valence-corrected chi connectivity index (χ2v) is 27.5. The van der Waals surface area contributed by atoms with Crippen molar-refractivity contribution in [2.24, 2.45) is 0 Å². The maximum absolute atomic E-state index is 6.40. The van der Waals surface area contributed by atoms with Crippen molar-refractivity contribution in [1.29, 1.82) is 0 Å². The van der Waals surface area contributed by atoms with Gasteiger partial charge in [0.15, 0.2) is 0 Å². The first-order chi connectivity index (χ1) is 27.9. The van der Waals surface area contributed by atoms with Crippen molar-refractivity contribution in [1.82, 2.24) is 14.5 Å². The number of hydrogen-bond donors (Lipinski definition) is 0. The Hall–Kier alpha value is -5.07. The molecule has 0 fully saturated rings. The largest absolute Gasteiger partial charge is 0 e. The molecule has 6 aromatic carbocycles. The van der Waals surface area contributed by atoms with Crippen molar-refractivity contribution >= 4 is 50.6 Å². The summed E-state index contributed by atoms with van der Waals surface area (Å²) in [6.07, 6.45) is 2.12. The Labute approximate surface area is 365 Å². The fourth-order valence-electron chi connectivity index (χ4n) is 8.25. The molecule has 0 unspecified atom stereocenters. The van der Waals surface area contributed by atoms with Crippen LogP contribution in [-0.2, 0) is 20.1 Å². The van der Waals surface area contributed by atoms with Gasteiger partial charge in [-0.15, -0.1) is 18.2 Å². The molecular weight excluding hydrogens is 959 g/mol. The van der Waals surface area contributed by atoms with Crippen molar-refractivity contribution in [3.8, 4) is 39.5 Å². The van der Waals surface area contributed by atoms with E-state index in [4.69, 9.17) is 14.4 Å². The first-order valence-electron chi connectivity index (χ1n) is 20.4. The summed E-state index contributed by atoms with van der Waals surface area (Å²) in [5.41, 5.74) is 15.9. The van der Waals surface area contributed by atoms with Gasteiger partial charge in [-0.25, -0.2) is 0 Å². The molecule has 0 spiro atoms. The number of fused-ring (bicyclic) bond motifs is 4. The predicted molar refractivity (Wildman–Crippen MR) is 247 cm³/mol. The maximum atomic E-state index is 6.40. The molecule has 9 aromatic rings. The smallest absolute Gasteiger partial charge is 0 e. The fourth-order valence-corrected chi connectivity index (χ4v) is 11.3. The molecule has 0 bridgehead atoms. The Bertz CT molecular complexity index is 2870. The first kappa shape index (κ1) is 42.1. The summed E-state index contributed by atoms with van der Waals surface area (Å²) in [5, 5.41) is 2.20. The van der Waals surface area contributed by atoms with E-state index in [1.54, 1.807) is 0 Å². The summed E-state index contributed by atoms with van der Waals surface area (Å²) in [4.78, 5) is 9.93. The molecule has 0 amide bonds. The number of para-hydroxylation sites is 4. The number of aryl methyl sites for hydroxylation is 2. The maximum Gasteiger partial charge on any atom is 0 e. The molecule has 4 nitrogen and oxygen atoms in total. The number of benzene rings is 6. The standard InChI is InChI=1S/C31H27N2O.C22H24GeN.Ir/c1-19(2)21-12-9-13-22(20(3)4)29(21)33-27-17-7-6-16-26(27)32-31(33)25-15-10-14-24-23-11-5-8-18-28(23)34-30(24)25;1-16-10-9-11-17(2)22(16)19-14-21(18-12-7-6-8-13-18)24-15-20(19)23(3,4)5;/h5-14,16-20H,1-4H3;6-12,14-15H,1-5H3;/q2*-1;. The second-order valence-electron chi connectivity index (χ2n) is 17.0. The predicted octanol–water partition coefficient (Wildman–Crippen LogP) is 14.0. The third-order valence-electron chi connectivity index (χ3n) is 11.1. The van der Waals surface area contributed by atoms with Crippen molar-refractivity contribution < 1.29 is 24.5 Å². The number of nitrogens with zero attached hydrogens (tertiary/aromatic N) is 3. The normalized spacial score (nSPS) is 11.6. The average Bonchev–Trinajstić information content (AvgIpc) is 3.79. The first-order valence-corrected chi connectivity index (χ1v) is 27.7. The van der Waals surface area contributed by atoms with Gasteiger partial charge < -0.3 is 8.98 Å². The molecule has 0 aliphatic heterocycles. The summed E-state index contributed by atoms with van der Waals surface area (Å²) in [7, 11) is 0. The molecule has 0 saturated heterocycles. The Kier molecular flexibility index (Phi) is 12.3. The van der Waals surface area contributed by atoms with Crippen LogP contribution in [0.4, 0.5) is 0 Å². The van der Waals surface area contributed by atoms with E-state index in [0.717, 1.165) is 55.6 Å². The average molecular weight is 1010 g/mol. The summed E-state index contributed by atoms with van der Waals surface area (Å²) >= 11 is -2.04. The molecule has 0 aliphatic rings. The molecule has 3 heterocycles. The molecule has 0 N–H and O–H groups in total. The molecular formula is C53H51GeIrN3O-2. The van der Waals surface area contributed by atoms with Crippen LogP contribution in [0.15, 0.2) is 138 Å². The van der Waals surface area contributed by atoms with Crippen molar-refractivity contribution in [3.05, 3.63) is 168 Å². The van der Waals surface area contributed by atoms with Gasteiger partial charge in [0.25, 0.3) is 0 Å². The van der Waals surface area contributed by atoms with Gasteiger partial charge in [0.05, 0.1) is 22.4 Å². The van der Waals surface area contributed by atoms with Crippen LogP contribution in [0.2, 0.25) is 17.3 Å². The fraction of sp³-hybridized carbons (Fsp3) is 0.208. The SMILES string of the molecule is CC(C)c1cccc(C(C)C)c1-n1c(-c2[c-]ccc3c2oc2ccccc23)nc2ccccc21.Cc1cccc(C)c1-c1cc(-c2[c-]cccc2)nc[c]1[Ge]([CH3])([CH3])[CH3].[Ir]. The number of hydrogen-bond acceptors (Lipinski definition) is 3. The molecule has 6 heteroatoms. The summed E-state index contributed by atoms with van der Waals surface area (Å²) in [6, 6.07) is 51.0. The molecule has 3 aromatic heterocycles. The van der Waals surface area contributed by atoms with Gasteiger partial charge in [0.1, 0.15) is 5.58 Å². The van der Waals surface area contributed by atoms with Gasteiger partial charge in [0.2, 0.25) is 0 Å². The van der Waals surface area contributed by atoms with Crippen molar-refractivity contribution in [2.75, 3.05) is 0 Å². The van der Waals surface area contributed by atoms with E-state index in [-0.39, 0.29) is 20.1 Å². The number of pyridine rings is 1. The summed E-state index contributed by atoms with van der Waals surface area (Å²) in [6.45, 7) is 13.4. The third kappa shape index (κ3) is 8.13. The van der Waals surface area contributed by atoms with Gasteiger partial charge in [-0.2, -0.15) is 0 Å². The number of furan rings is 1. The molecule has 299 valence electrons. The topological polar surface area (TPSA) is 43.9 Å².